The second kappa shape index (κ2) is 2.96. The number of hydrogen-bond donors (Lipinski definition) is 0. The fraction of sp³-hybridized carbons (Fsp3) is 0.500. The fourth-order valence-electron chi connectivity index (χ4n) is 0.618. The van der Waals surface area contributed by atoms with Crippen LogP contribution in [0.2, 0.25) is 0 Å². The van der Waals surface area contributed by atoms with Crippen LogP contribution in [0.15, 0.2) is 6.20 Å². The van der Waals surface area contributed by atoms with Crippen molar-refractivity contribution in [1.82, 2.24) is 4.37 Å². The van der Waals surface area contributed by atoms with Crippen molar-refractivity contribution in [3.63, 3.8) is 0 Å². The number of halogens is 1. The van der Waals surface area contributed by atoms with E-state index in [0.717, 1.165) is 0 Å². The van der Waals surface area contributed by atoms with Crippen LogP contribution in [0.5, 0.6) is 0 Å². The van der Waals surface area contributed by atoms with Crippen LogP contribution in [0.1, 0.15) is 24.6 Å². The third-order valence-corrected chi connectivity index (χ3v) is 3.40. The Morgan fingerprint density at radius 1 is 1.67 bits per heavy atom. The molecule has 0 aliphatic heterocycles. The van der Waals surface area contributed by atoms with Crippen LogP contribution < -0.4 is 0 Å². The van der Waals surface area contributed by atoms with E-state index in [2.05, 4.69) is 40.8 Å². The van der Waals surface area contributed by atoms with Gasteiger partial charge in [0, 0.05) is 8.45 Å². The molecule has 1 nitrogen and oxygen atoms in total. The van der Waals surface area contributed by atoms with Crippen LogP contribution in [-0.2, 0) is 0 Å². The van der Waals surface area contributed by atoms with E-state index in [1.54, 1.807) is 11.5 Å². The summed E-state index contributed by atoms with van der Waals surface area (Å²) in [7, 11) is 0. The first-order valence-electron chi connectivity index (χ1n) is 2.82. The molecule has 0 saturated carbocycles. The van der Waals surface area contributed by atoms with Crippen LogP contribution in [0.4, 0.5) is 0 Å². The van der Waals surface area contributed by atoms with Gasteiger partial charge in [-0.25, -0.2) is 0 Å². The Hall–Kier alpha value is 0.360. The minimum absolute atomic E-state index is 0.629. The summed E-state index contributed by atoms with van der Waals surface area (Å²) in [6, 6.07) is 0. The first kappa shape index (κ1) is 7.47. The van der Waals surface area contributed by atoms with Crippen LogP contribution in [0, 0.1) is 3.57 Å². The lowest BCUT2D eigenvalue weighted by molar-refractivity contribution is 0.884. The van der Waals surface area contributed by atoms with Crippen molar-refractivity contribution >= 4 is 34.1 Å². The highest BCUT2D eigenvalue weighted by molar-refractivity contribution is 14.1. The quantitative estimate of drug-likeness (QED) is 0.701. The Morgan fingerprint density at radius 2 is 2.33 bits per heavy atom. The Kier molecular flexibility index (Phi) is 2.46. The van der Waals surface area contributed by atoms with Gasteiger partial charge in [0.05, 0.1) is 6.20 Å². The fourth-order valence-corrected chi connectivity index (χ4v) is 2.49. The lowest BCUT2D eigenvalue weighted by atomic mass is 10.2. The van der Waals surface area contributed by atoms with Gasteiger partial charge < -0.3 is 0 Å². The molecule has 3 heteroatoms. The van der Waals surface area contributed by atoms with Gasteiger partial charge in [0.2, 0.25) is 0 Å². The minimum atomic E-state index is 0.629. The summed E-state index contributed by atoms with van der Waals surface area (Å²) in [5.74, 6) is 0.629. The summed E-state index contributed by atoms with van der Waals surface area (Å²) in [6.45, 7) is 4.38. The maximum Gasteiger partial charge on any atom is 0.0543 e. The molecule has 1 rings (SSSR count). The van der Waals surface area contributed by atoms with Gasteiger partial charge >= 0.3 is 0 Å². The summed E-state index contributed by atoms with van der Waals surface area (Å²) >= 11 is 3.92. The van der Waals surface area contributed by atoms with Crippen molar-refractivity contribution in [3.05, 3.63) is 14.6 Å². The lowest BCUT2D eigenvalue weighted by Crippen LogP contribution is -1.82. The van der Waals surface area contributed by atoms with Gasteiger partial charge in [0.15, 0.2) is 0 Å². The first-order chi connectivity index (χ1) is 4.22. The highest BCUT2D eigenvalue weighted by Gasteiger charge is 2.05. The van der Waals surface area contributed by atoms with E-state index in [4.69, 9.17) is 0 Å². The number of rotatable bonds is 1. The maximum absolute atomic E-state index is 4.08. The average molecular weight is 253 g/mol. The molecule has 0 amide bonds. The molecule has 0 bridgehead atoms. The Bertz CT molecular complexity index is 195. The monoisotopic (exact) mass is 253 g/mol. The highest BCUT2D eigenvalue weighted by Crippen LogP contribution is 2.23. The molecule has 0 aromatic carbocycles. The molecule has 0 atom stereocenters. The molecule has 0 spiro atoms. The lowest BCUT2D eigenvalue weighted by Gasteiger charge is -1.97. The number of aromatic nitrogens is 1. The van der Waals surface area contributed by atoms with Crippen LogP contribution in [-0.4, -0.2) is 4.37 Å². The van der Waals surface area contributed by atoms with Crippen LogP contribution in [0.25, 0.3) is 0 Å². The summed E-state index contributed by atoms with van der Waals surface area (Å²) in [5, 5.41) is 0. The summed E-state index contributed by atoms with van der Waals surface area (Å²) < 4.78 is 5.38. The Balaban J connectivity index is 2.94. The van der Waals surface area contributed by atoms with E-state index in [1.165, 1.54) is 8.45 Å². The molecule has 0 fully saturated rings. The topological polar surface area (TPSA) is 12.9 Å². The molecule has 0 aliphatic carbocycles. The Labute approximate surface area is 72.8 Å². The van der Waals surface area contributed by atoms with Gasteiger partial charge in [-0.05, 0) is 40.0 Å². The largest absolute Gasteiger partial charge is 0.200 e. The SMILES string of the molecule is CC(C)c1sncc1I. The summed E-state index contributed by atoms with van der Waals surface area (Å²) in [4.78, 5) is 1.40. The maximum atomic E-state index is 4.08. The molecule has 0 unspecified atom stereocenters. The summed E-state index contributed by atoms with van der Waals surface area (Å²) in [5.41, 5.74) is 0. The van der Waals surface area contributed by atoms with Gasteiger partial charge in [-0.2, -0.15) is 4.37 Å². The zero-order valence-corrected chi connectivity index (χ0v) is 8.36. The van der Waals surface area contributed by atoms with Crippen molar-refractivity contribution in [2.45, 2.75) is 19.8 Å². The predicted octanol–water partition coefficient (Wildman–Crippen LogP) is 2.87. The van der Waals surface area contributed by atoms with Crippen molar-refractivity contribution < 1.29 is 0 Å². The smallest absolute Gasteiger partial charge is 0.0543 e. The number of nitrogens with zero attached hydrogens (tertiary/aromatic N) is 1. The molecular formula is C6H8INS. The normalized spacial score (nSPS) is 10.7. The molecule has 0 radical (unpaired) electrons. The number of hydrogen-bond acceptors (Lipinski definition) is 2. The van der Waals surface area contributed by atoms with E-state index in [9.17, 15) is 0 Å². The van der Waals surface area contributed by atoms with E-state index in [0.29, 0.717) is 5.92 Å². The van der Waals surface area contributed by atoms with Crippen molar-refractivity contribution in [3.8, 4) is 0 Å². The van der Waals surface area contributed by atoms with Crippen molar-refractivity contribution in [2.24, 2.45) is 0 Å². The molecular weight excluding hydrogens is 245 g/mol. The third kappa shape index (κ3) is 1.64. The third-order valence-electron chi connectivity index (χ3n) is 1.08. The summed E-state index contributed by atoms with van der Waals surface area (Å²) in [6.07, 6.45) is 1.92. The molecule has 9 heavy (non-hydrogen) atoms. The van der Waals surface area contributed by atoms with Gasteiger partial charge in [0.1, 0.15) is 0 Å². The second-order valence-corrected chi connectivity index (χ2v) is 4.19. The predicted molar refractivity (Wildman–Crippen MR) is 48.9 cm³/mol. The van der Waals surface area contributed by atoms with Crippen molar-refractivity contribution in [1.29, 1.82) is 0 Å². The van der Waals surface area contributed by atoms with Gasteiger partial charge in [-0.3, -0.25) is 0 Å². The minimum Gasteiger partial charge on any atom is -0.200 e. The molecule has 0 aliphatic rings. The molecule has 1 heterocycles. The second-order valence-electron chi connectivity index (χ2n) is 2.19. The molecule has 1 aromatic rings. The van der Waals surface area contributed by atoms with Gasteiger partial charge in [0.25, 0.3) is 0 Å². The molecule has 0 saturated heterocycles. The zero-order valence-electron chi connectivity index (χ0n) is 5.39. The van der Waals surface area contributed by atoms with Crippen LogP contribution >= 0.6 is 34.1 Å². The van der Waals surface area contributed by atoms with Gasteiger partial charge in [-0.1, -0.05) is 13.8 Å². The van der Waals surface area contributed by atoms with E-state index in [-0.39, 0.29) is 0 Å². The zero-order chi connectivity index (χ0) is 6.85. The standard InChI is InChI=1S/C6H8INS/c1-4(2)6-5(7)3-8-9-6/h3-4H,1-2H3. The molecule has 0 N–H and O–H groups in total. The van der Waals surface area contributed by atoms with Gasteiger partial charge in [-0.15, -0.1) is 0 Å². The van der Waals surface area contributed by atoms with E-state index in [1.807, 2.05) is 6.20 Å². The van der Waals surface area contributed by atoms with E-state index >= 15 is 0 Å². The van der Waals surface area contributed by atoms with E-state index < -0.39 is 0 Å². The highest BCUT2D eigenvalue weighted by atomic mass is 127. The first-order valence-corrected chi connectivity index (χ1v) is 4.67. The molecule has 1 aromatic heterocycles. The molecule has 50 valence electrons. The van der Waals surface area contributed by atoms with Crippen LogP contribution in [0.3, 0.4) is 0 Å². The van der Waals surface area contributed by atoms with Crippen molar-refractivity contribution in [2.75, 3.05) is 0 Å². The Morgan fingerprint density at radius 3 is 2.56 bits per heavy atom. The average Bonchev–Trinajstić information content (AvgIpc) is 2.13.